The number of carboxylic acids is 1. The molecule has 1 atom stereocenters. The maximum atomic E-state index is 13.9. The van der Waals surface area contributed by atoms with E-state index in [2.05, 4.69) is 45.2 Å². The van der Waals surface area contributed by atoms with Crippen molar-refractivity contribution < 1.29 is 9.90 Å². The fraction of sp³-hybridized carbons (Fsp3) is 0.429. The molecule has 1 saturated carbocycles. The second-order valence-electron chi connectivity index (χ2n) is 10.4. The molecule has 9 nitrogen and oxygen atoms in total. The summed E-state index contributed by atoms with van der Waals surface area (Å²) >= 11 is 0. The first-order valence-corrected chi connectivity index (χ1v) is 13.1. The van der Waals surface area contributed by atoms with E-state index in [0.717, 1.165) is 49.8 Å². The predicted octanol–water partition coefficient (Wildman–Crippen LogP) is 3.98. The maximum Gasteiger partial charge on any atom is 0.354 e. The highest BCUT2D eigenvalue weighted by molar-refractivity contribution is 5.85. The molecular formula is C28H32N6O3. The van der Waals surface area contributed by atoms with E-state index in [9.17, 15) is 14.7 Å². The van der Waals surface area contributed by atoms with Gasteiger partial charge in [-0.3, -0.25) is 14.0 Å². The number of benzene rings is 1. The number of rotatable bonds is 6. The van der Waals surface area contributed by atoms with Crippen LogP contribution in [0.5, 0.6) is 0 Å². The highest BCUT2D eigenvalue weighted by Gasteiger charge is 2.32. The molecule has 37 heavy (non-hydrogen) atoms. The van der Waals surface area contributed by atoms with Gasteiger partial charge in [0.2, 0.25) is 0 Å². The number of aromatic carboxylic acids is 1. The van der Waals surface area contributed by atoms with Crippen molar-refractivity contribution in [2.45, 2.75) is 56.7 Å². The summed E-state index contributed by atoms with van der Waals surface area (Å²) in [6.45, 7) is 2.06. The van der Waals surface area contributed by atoms with Crippen molar-refractivity contribution in [2.75, 3.05) is 13.1 Å². The number of fused-ring (bicyclic) bond motifs is 1. The smallest absolute Gasteiger partial charge is 0.354 e. The van der Waals surface area contributed by atoms with E-state index in [1.54, 1.807) is 17.8 Å². The Hall–Kier alpha value is -3.72. The molecule has 1 aliphatic carbocycles. The van der Waals surface area contributed by atoms with Gasteiger partial charge in [-0.15, -0.1) is 0 Å². The van der Waals surface area contributed by atoms with Crippen molar-refractivity contribution in [3.05, 3.63) is 82.4 Å². The lowest BCUT2D eigenvalue weighted by Crippen LogP contribution is -2.32. The van der Waals surface area contributed by atoms with E-state index < -0.39 is 5.97 Å². The van der Waals surface area contributed by atoms with Crippen LogP contribution in [0.2, 0.25) is 0 Å². The fourth-order valence-corrected chi connectivity index (χ4v) is 6.31. The molecule has 9 heteroatoms. The molecule has 192 valence electrons. The molecule has 1 saturated heterocycles. The van der Waals surface area contributed by atoms with Crippen molar-refractivity contribution in [2.24, 2.45) is 7.05 Å². The quantitative estimate of drug-likeness (QED) is 0.430. The Labute approximate surface area is 215 Å². The van der Waals surface area contributed by atoms with Gasteiger partial charge in [-0.1, -0.05) is 30.3 Å². The van der Waals surface area contributed by atoms with Gasteiger partial charge in [0.05, 0.1) is 24.3 Å². The zero-order chi connectivity index (χ0) is 25.5. The molecule has 0 radical (unpaired) electrons. The summed E-state index contributed by atoms with van der Waals surface area (Å²) in [5, 5.41) is 9.32. The molecule has 4 aromatic rings. The zero-order valence-corrected chi connectivity index (χ0v) is 21.0. The molecule has 2 aliphatic rings. The molecule has 1 aromatic carbocycles. The van der Waals surface area contributed by atoms with Gasteiger partial charge in [-0.25, -0.2) is 19.6 Å². The number of nitrogens with zero attached hydrogens (tertiary/aromatic N) is 6. The predicted molar refractivity (Wildman–Crippen MR) is 140 cm³/mol. The number of pyridine rings is 1. The Morgan fingerprint density at radius 1 is 0.973 bits per heavy atom. The zero-order valence-electron chi connectivity index (χ0n) is 21.0. The molecule has 6 rings (SSSR count). The van der Waals surface area contributed by atoms with Crippen LogP contribution in [0.25, 0.3) is 11.2 Å². The summed E-state index contributed by atoms with van der Waals surface area (Å²) in [4.78, 5) is 36.5. The maximum absolute atomic E-state index is 13.9. The van der Waals surface area contributed by atoms with Gasteiger partial charge in [-0.05, 0) is 55.7 Å². The van der Waals surface area contributed by atoms with E-state index in [1.165, 1.54) is 11.8 Å². The first kappa shape index (κ1) is 23.7. The van der Waals surface area contributed by atoms with Gasteiger partial charge in [0, 0.05) is 32.4 Å². The molecular weight excluding hydrogens is 468 g/mol. The SMILES string of the molecule is Cn1c(C(=O)O)cnc1CN1CCC(n2c(=O)n(C3CCC(c4ccccc4)CC3)c3cccnc32)C1. The summed E-state index contributed by atoms with van der Waals surface area (Å²) in [6.07, 6.45) is 8.13. The van der Waals surface area contributed by atoms with Crippen LogP contribution in [0.4, 0.5) is 0 Å². The Morgan fingerprint density at radius 2 is 1.76 bits per heavy atom. The third-order valence-corrected chi connectivity index (χ3v) is 8.28. The Kier molecular flexibility index (Phi) is 6.16. The Morgan fingerprint density at radius 3 is 2.49 bits per heavy atom. The van der Waals surface area contributed by atoms with Crippen LogP contribution < -0.4 is 5.69 Å². The summed E-state index contributed by atoms with van der Waals surface area (Å²) in [5.74, 6) is 0.278. The fourth-order valence-electron chi connectivity index (χ4n) is 6.31. The first-order valence-electron chi connectivity index (χ1n) is 13.1. The summed E-state index contributed by atoms with van der Waals surface area (Å²) in [6, 6.07) is 14.8. The van der Waals surface area contributed by atoms with Gasteiger partial charge in [-0.2, -0.15) is 0 Å². The van der Waals surface area contributed by atoms with Crippen molar-refractivity contribution >= 4 is 17.1 Å². The topological polar surface area (TPSA) is 98.2 Å². The van der Waals surface area contributed by atoms with Gasteiger partial charge in [0.15, 0.2) is 5.65 Å². The number of aromatic nitrogens is 5. The van der Waals surface area contributed by atoms with Crippen LogP contribution in [-0.2, 0) is 13.6 Å². The van der Waals surface area contributed by atoms with Crippen molar-refractivity contribution in [3.8, 4) is 0 Å². The average Bonchev–Trinajstić information content (AvgIpc) is 3.60. The number of carboxylic acid groups (broad SMARTS) is 1. The molecule has 0 spiro atoms. The lowest BCUT2D eigenvalue weighted by Gasteiger charge is -2.29. The molecule has 1 aliphatic heterocycles. The summed E-state index contributed by atoms with van der Waals surface area (Å²) in [5.41, 5.74) is 3.29. The van der Waals surface area contributed by atoms with Crippen LogP contribution >= 0.6 is 0 Å². The molecule has 0 bridgehead atoms. The van der Waals surface area contributed by atoms with Gasteiger partial charge in [0.25, 0.3) is 0 Å². The highest BCUT2D eigenvalue weighted by atomic mass is 16.4. The third-order valence-electron chi connectivity index (χ3n) is 8.28. The van der Waals surface area contributed by atoms with Crippen molar-refractivity contribution in [1.29, 1.82) is 0 Å². The highest BCUT2D eigenvalue weighted by Crippen LogP contribution is 2.39. The minimum absolute atomic E-state index is 0.0195. The number of imidazole rings is 2. The number of hydrogen-bond acceptors (Lipinski definition) is 5. The van der Waals surface area contributed by atoms with E-state index in [4.69, 9.17) is 0 Å². The molecule has 1 unspecified atom stereocenters. The summed E-state index contributed by atoms with van der Waals surface area (Å²) < 4.78 is 5.53. The largest absolute Gasteiger partial charge is 0.477 e. The average molecular weight is 501 g/mol. The number of hydrogen-bond donors (Lipinski definition) is 1. The van der Waals surface area contributed by atoms with Crippen LogP contribution in [0.3, 0.4) is 0 Å². The normalized spacial score (nSPS) is 22.6. The standard InChI is InChI=1S/C28H32N6O3/c1-31-24(27(35)36)16-30-25(31)18-32-15-13-22(17-32)34-26-23(8-5-14-29-26)33(28(34)37)21-11-9-20(10-12-21)19-6-3-2-4-7-19/h2-8,14,16,20-22H,9-13,15,17-18H2,1H3,(H,35,36). The molecule has 4 heterocycles. The molecule has 3 aromatic heterocycles. The van der Waals surface area contributed by atoms with E-state index >= 15 is 0 Å². The second-order valence-corrected chi connectivity index (χ2v) is 10.4. The van der Waals surface area contributed by atoms with Crippen LogP contribution in [0.1, 0.15) is 72.0 Å². The number of likely N-dealkylation sites (tertiary alicyclic amines) is 1. The second kappa shape index (κ2) is 9.63. The van der Waals surface area contributed by atoms with Gasteiger partial charge >= 0.3 is 11.7 Å². The van der Waals surface area contributed by atoms with E-state index in [-0.39, 0.29) is 23.5 Å². The third kappa shape index (κ3) is 4.27. The minimum Gasteiger partial charge on any atom is -0.477 e. The first-order chi connectivity index (χ1) is 18.0. The van der Waals surface area contributed by atoms with Crippen molar-refractivity contribution in [1.82, 2.24) is 28.6 Å². The minimum atomic E-state index is -0.983. The Balaban J connectivity index is 1.23. The summed E-state index contributed by atoms with van der Waals surface area (Å²) in [7, 11) is 1.73. The van der Waals surface area contributed by atoms with Gasteiger partial charge in [0.1, 0.15) is 11.5 Å². The molecule has 0 amide bonds. The van der Waals surface area contributed by atoms with Crippen LogP contribution in [0, 0.1) is 0 Å². The lowest BCUT2D eigenvalue weighted by molar-refractivity contribution is 0.0686. The number of carbonyl (C=O) groups is 1. The molecule has 1 N–H and O–H groups in total. The monoisotopic (exact) mass is 500 g/mol. The van der Waals surface area contributed by atoms with Gasteiger partial charge < -0.3 is 9.67 Å². The lowest BCUT2D eigenvalue weighted by atomic mass is 9.81. The van der Waals surface area contributed by atoms with Crippen molar-refractivity contribution in [3.63, 3.8) is 0 Å². The molecule has 2 fully saturated rings. The Bertz CT molecular complexity index is 1480. The van der Waals surface area contributed by atoms with Crippen LogP contribution in [0.15, 0.2) is 59.7 Å². The van der Waals surface area contributed by atoms with Crippen LogP contribution in [-0.4, -0.2) is 52.7 Å². The van der Waals surface area contributed by atoms with E-state index in [1.807, 2.05) is 21.3 Å². The van der Waals surface area contributed by atoms with E-state index in [0.29, 0.717) is 24.8 Å².